The average Bonchev–Trinajstić information content (AvgIpc) is 3.17. The second-order valence-corrected chi connectivity index (χ2v) is 14.6. The number of pyridine rings is 2. The van der Waals surface area contributed by atoms with Gasteiger partial charge in [-0.05, 0) is 97.8 Å². The fourth-order valence-corrected chi connectivity index (χ4v) is 7.37. The Balaban J connectivity index is 1.77. The number of hydrogen-bond donors (Lipinski definition) is 0. The molecule has 0 spiro atoms. The minimum atomic E-state index is 0.138. The maximum Gasteiger partial charge on any atom is 0.0823 e. The third-order valence-corrected chi connectivity index (χ3v) is 8.73. The Morgan fingerprint density at radius 2 is 1.47 bits per heavy atom. The van der Waals surface area contributed by atoms with E-state index in [1.54, 1.807) is 0 Å². The molecule has 0 fully saturated rings. The Hall–Kier alpha value is -2.92. The molecule has 3 heteroatoms. The van der Waals surface area contributed by atoms with Gasteiger partial charge in [0.15, 0.2) is 0 Å². The molecule has 0 saturated carbocycles. The molecule has 0 amide bonds. The predicted octanol–water partition coefficient (Wildman–Crippen LogP) is 10.3. The molecule has 3 heterocycles. The first-order chi connectivity index (χ1) is 18.0. The number of rotatable bonds is 2. The minimum Gasteiger partial charge on any atom is -0.308 e. The van der Waals surface area contributed by atoms with Crippen molar-refractivity contribution in [3.8, 4) is 0 Å². The van der Waals surface area contributed by atoms with Gasteiger partial charge in [0, 0.05) is 31.3 Å². The van der Waals surface area contributed by atoms with E-state index >= 15 is 0 Å². The molecule has 0 aliphatic heterocycles. The number of fused-ring (bicyclic) bond motifs is 7. The lowest BCUT2D eigenvalue weighted by Gasteiger charge is -2.24. The molecule has 38 heavy (non-hydrogen) atoms. The average molecular weight is 609 g/mol. The summed E-state index contributed by atoms with van der Waals surface area (Å²) in [5.74, 6) is 0. The molecule has 0 radical (unpaired) electrons. The Morgan fingerprint density at radius 1 is 0.711 bits per heavy atom. The molecule has 7 rings (SSSR count). The van der Waals surface area contributed by atoms with E-state index < -0.39 is 0 Å². The van der Waals surface area contributed by atoms with Gasteiger partial charge < -0.3 is 4.40 Å². The van der Waals surface area contributed by atoms with Gasteiger partial charge in [0.1, 0.15) is 0 Å². The zero-order chi connectivity index (χ0) is 26.6. The van der Waals surface area contributed by atoms with Crippen LogP contribution < -0.4 is 0 Å². The van der Waals surface area contributed by atoms with Gasteiger partial charge in [-0.15, -0.1) is 0 Å². The number of nitrogens with zero attached hydrogens (tertiary/aromatic N) is 2. The first-order valence-corrected chi connectivity index (χ1v) is 14.7. The quantitative estimate of drug-likeness (QED) is 0.108. The molecular formula is C35H33IN2. The smallest absolute Gasteiger partial charge is 0.0823 e. The van der Waals surface area contributed by atoms with Gasteiger partial charge in [0.25, 0.3) is 0 Å². The molecule has 2 nitrogen and oxygen atoms in total. The van der Waals surface area contributed by atoms with Crippen molar-refractivity contribution in [1.82, 2.24) is 9.38 Å². The van der Waals surface area contributed by atoms with E-state index in [1.807, 2.05) is 6.20 Å². The van der Waals surface area contributed by atoms with E-state index in [-0.39, 0.29) is 10.8 Å². The van der Waals surface area contributed by atoms with Crippen LogP contribution in [0.4, 0.5) is 0 Å². The highest BCUT2D eigenvalue weighted by Crippen LogP contribution is 2.45. The van der Waals surface area contributed by atoms with Gasteiger partial charge in [-0.25, -0.2) is 0 Å². The molecular weight excluding hydrogens is 575 g/mol. The van der Waals surface area contributed by atoms with Crippen LogP contribution in [-0.2, 0) is 12.8 Å². The predicted molar refractivity (Wildman–Crippen MR) is 173 cm³/mol. The summed E-state index contributed by atoms with van der Waals surface area (Å²) < 4.78 is 3.87. The van der Waals surface area contributed by atoms with Crippen LogP contribution in [0.15, 0.2) is 66.9 Å². The van der Waals surface area contributed by atoms with Crippen molar-refractivity contribution in [2.45, 2.75) is 54.4 Å². The second kappa shape index (κ2) is 8.05. The SMILES string of the molecule is CC(C)(C)Cc1ccc2c(CC(C)(C)C)c3c(cc2c1)c1nccc2ccc4c5c(I)cccc5n3c4c21. The molecule has 7 aromatic rings. The maximum absolute atomic E-state index is 5.07. The molecule has 3 aromatic heterocycles. The van der Waals surface area contributed by atoms with E-state index in [2.05, 4.69) is 129 Å². The molecule has 0 aliphatic carbocycles. The minimum absolute atomic E-state index is 0.138. The number of hydrogen-bond acceptors (Lipinski definition) is 1. The highest BCUT2D eigenvalue weighted by Gasteiger charge is 2.25. The van der Waals surface area contributed by atoms with Crippen molar-refractivity contribution >= 4 is 82.4 Å². The van der Waals surface area contributed by atoms with Crippen molar-refractivity contribution < 1.29 is 0 Å². The molecule has 0 atom stereocenters. The van der Waals surface area contributed by atoms with Crippen LogP contribution in [0.2, 0.25) is 0 Å². The standard InChI is InChI=1S/C35H33IN2/c1-34(2,3)18-20-10-12-23-22(16-20)17-25-31-29-21(14-15-37-31)11-13-24-30-27(36)8-7-9-28(30)38(33(24)29)32(25)26(23)19-35(4,5)6/h7-17H,18-19H2,1-6H3. The first-order valence-electron chi connectivity index (χ1n) is 13.6. The highest BCUT2D eigenvalue weighted by atomic mass is 127. The van der Waals surface area contributed by atoms with Crippen molar-refractivity contribution in [1.29, 1.82) is 0 Å². The van der Waals surface area contributed by atoms with Crippen LogP contribution in [-0.4, -0.2) is 9.38 Å². The summed E-state index contributed by atoms with van der Waals surface area (Å²) in [5.41, 5.74) is 8.23. The summed E-state index contributed by atoms with van der Waals surface area (Å²) in [6.45, 7) is 14.0. The fourth-order valence-electron chi connectivity index (χ4n) is 6.60. The number of benzene rings is 4. The first kappa shape index (κ1) is 24.1. The summed E-state index contributed by atoms with van der Waals surface area (Å²) in [6, 6.07) is 23.1. The van der Waals surface area contributed by atoms with Gasteiger partial charge in [-0.3, -0.25) is 4.98 Å². The van der Waals surface area contributed by atoms with Crippen LogP contribution >= 0.6 is 22.6 Å². The molecule has 0 N–H and O–H groups in total. The van der Waals surface area contributed by atoms with E-state index in [0.29, 0.717) is 0 Å². The molecule has 0 aliphatic rings. The highest BCUT2D eigenvalue weighted by molar-refractivity contribution is 14.1. The van der Waals surface area contributed by atoms with Gasteiger partial charge in [0.05, 0.1) is 22.1 Å². The molecule has 190 valence electrons. The van der Waals surface area contributed by atoms with Crippen LogP contribution in [0.3, 0.4) is 0 Å². The van der Waals surface area contributed by atoms with Gasteiger partial charge in [-0.1, -0.05) is 77.9 Å². The topological polar surface area (TPSA) is 17.3 Å². The number of halogens is 1. The van der Waals surface area contributed by atoms with Crippen molar-refractivity contribution in [2.75, 3.05) is 0 Å². The summed E-state index contributed by atoms with van der Waals surface area (Å²) in [4.78, 5) is 5.07. The lowest BCUT2D eigenvalue weighted by Crippen LogP contribution is -2.12. The molecule has 0 unspecified atom stereocenters. The van der Waals surface area contributed by atoms with E-state index in [9.17, 15) is 0 Å². The van der Waals surface area contributed by atoms with Crippen molar-refractivity contribution in [3.63, 3.8) is 0 Å². The third-order valence-electron chi connectivity index (χ3n) is 7.83. The zero-order valence-corrected chi connectivity index (χ0v) is 25.2. The lowest BCUT2D eigenvalue weighted by molar-refractivity contribution is 0.411. The largest absolute Gasteiger partial charge is 0.308 e. The van der Waals surface area contributed by atoms with Gasteiger partial charge in [0.2, 0.25) is 0 Å². The van der Waals surface area contributed by atoms with Crippen LogP contribution in [0, 0.1) is 14.4 Å². The van der Waals surface area contributed by atoms with E-state index in [0.717, 1.165) is 18.4 Å². The van der Waals surface area contributed by atoms with E-state index in [4.69, 9.17) is 4.98 Å². The van der Waals surface area contributed by atoms with Gasteiger partial charge in [-0.2, -0.15) is 0 Å². The Labute approximate surface area is 237 Å². The second-order valence-electron chi connectivity index (χ2n) is 13.5. The summed E-state index contributed by atoms with van der Waals surface area (Å²) in [5, 5.41) is 9.14. The van der Waals surface area contributed by atoms with Crippen LogP contribution in [0.25, 0.3) is 59.8 Å². The molecule has 0 bridgehead atoms. The Morgan fingerprint density at radius 3 is 2.24 bits per heavy atom. The normalized spacial score (nSPS) is 13.3. The maximum atomic E-state index is 5.07. The fraction of sp³-hybridized carbons (Fsp3) is 0.286. The summed E-state index contributed by atoms with van der Waals surface area (Å²) in [7, 11) is 0. The molecule has 0 saturated heterocycles. The van der Waals surface area contributed by atoms with Crippen LogP contribution in [0.1, 0.15) is 52.7 Å². The van der Waals surface area contributed by atoms with Gasteiger partial charge >= 0.3 is 0 Å². The van der Waals surface area contributed by atoms with E-state index in [1.165, 1.54) is 69.0 Å². The monoisotopic (exact) mass is 608 g/mol. The summed E-state index contributed by atoms with van der Waals surface area (Å²) >= 11 is 2.51. The Kier molecular flexibility index (Phi) is 5.11. The molecule has 4 aromatic carbocycles. The third kappa shape index (κ3) is 3.61. The zero-order valence-electron chi connectivity index (χ0n) is 23.0. The van der Waals surface area contributed by atoms with Crippen molar-refractivity contribution in [2.24, 2.45) is 10.8 Å². The number of aromatic nitrogens is 2. The van der Waals surface area contributed by atoms with Crippen LogP contribution in [0.5, 0.6) is 0 Å². The Bertz CT molecular complexity index is 2050. The lowest BCUT2D eigenvalue weighted by atomic mass is 9.83. The summed E-state index contributed by atoms with van der Waals surface area (Å²) in [6.07, 6.45) is 4.04. The van der Waals surface area contributed by atoms with Crippen molar-refractivity contribution in [3.05, 3.63) is 81.6 Å².